The van der Waals surface area contributed by atoms with Crippen LogP contribution in [0, 0.1) is 5.92 Å². The number of aliphatic hydroxyl groups excluding tert-OH is 1. The highest BCUT2D eigenvalue weighted by molar-refractivity contribution is 7.13. The zero-order valence-electron chi connectivity index (χ0n) is 12.0. The molecule has 4 nitrogen and oxygen atoms in total. The number of nitrogens with zero attached hydrogens (tertiary/aromatic N) is 2. The first-order chi connectivity index (χ1) is 10.3. The Hall–Kier alpha value is -1.30. The van der Waals surface area contributed by atoms with E-state index in [1.807, 2.05) is 18.2 Å². The number of pyridine rings is 1. The second-order valence-corrected chi connectivity index (χ2v) is 6.53. The number of hydrogen-bond donors (Lipinski definition) is 2. The molecule has 0 radical (unpaired) electrons. The first-order valence-corrected chi connectivity index (χ1v) is 8.44. The van der Waals surface area contributed by atoms with Crippen molar-refractivity contribution in [2.24, 2.45) is 5.92 Å². The van der Waals surface area contributed by atoms with Crippen LogP contribution in [0.5, 0.6) is 0 Å². The van der Waals surface area contributed by atoms with Crippen LogP contribution in [0.15, 0.2) is 29.8 Å². The zero-order chi connectivity index (χ0) is 14.5. The molecular weight excluding hydrogens is 282 g/mol. The van der Waals surface area contributed by atoms with Crippen molar-refractivity contribution in [1.29, 1.82) is 0 Å². The molecule has 0 spiro atoms. The van der Waals surface area contributed by atoms with Gasteiger partial charge in [0.25, 0.3) is 0 Å². The van der Waals surface area contributed by atoms with Crippen LogP contribution in [0.4, 0.5) is 0 Å². The maximum atomic E-state index is 9.68. The summed E-state index contributed by atoms with van der Waals surface area (Å²) in [5.74, 6) is 0.600. The molecular formula is C16H21N3OS. The van der Waals surface area contributed by atoms with Crippen molar-refractivity contribution in [2.75, 3.05) is 6.54 Å². The predicted molar refractivity (Wildman–Crippen MR) is 85.0 cm³/mol. The average molecular weight is 303 g/mol. The summed E-state index contributed by atoms with van der Waals surface area (Å²) in [7, 11) is 0. The van der Waals surface area contributed by atoms with Gasteiger partial charge in [0.05, 0.1) is 17.5 Å². The summed E-state index contributed by atoms with van der Waals surface area (Å²) in [5, 5.41) is 16.2. The van der Waals surface area contributed by atoms with E-state index in [0.29, 0.717) is 5.92 Å². The Kier molecular flexibility index (Phi) is 4.95. The van der Waals surface area contributed by atoms with Gasteiger partial charge in [-0.15, -0.1) is 11.3 Å². The van der Waals surface area contributed by atoms with Crippen LogP contribution in [0.25, 0.3) is 10.7 Å². The van der Waals surface area contributed by atoms with Crippen molar-refractivity contribution >= 4 is 11.3 Å². The van der Waals surface area contributed by atoms with E-state index in [9.17, 15) is 5.11 Å². The quantitative estimate of drug-likeness (QED) is 0.892. The third-order valence-electron chi connectivity index (χ3n) is 3.93. The lowest BCUT2D eigenvalue weighted by molar-refractivity contribution is 0.101. The second kappa shape index (κ2) is 7.11. The minimum absolute atomic E-state index is 0.0967. The molecule has 2 aromatic heterocycles. The Labute approximate surface area is 129 Å². The minimum atomic E-state index is -0.0967. The standard InChI is InChI=1S/C16H21N3OS/c20-14-5-3-4-12(8-14)9-17-10-13-11-21-16(19-13)15-6-1-2-7-18-15/h1-2,6-7,11-12,14,17,20H,3-5,8-10H2. The highest BCUT2D eigenvalue weighted by Crippen LogP contribution is 2.24. The van der Waals surface area contributed by atoms with Gasteiger partial charge in [0.1, 0.15) is 5.01 Å². The number of aromatic nitrogens is 2. The van der Waals surface area contributed by atoms with Gasteiger partial charge >= 0.3 is 0 Å². The summed E-state index contributed by atoms with van der Waals surface area (Å²) >= 11 is 1.64. The highest BCUT2D eigenvalue weighted by Gasteiger charge is 2.19. The van der Waals surface area contributed by atoms with Gasteiger partial charge in [0, 0.05) is 18.1 Å². The Morgan fingerprint density at radius 3 is 3.10 bits per heavy atom. The van der Waals surface area contributed by atoms with Crippen LogP contribution in [0.2, 0.25) is 0 Å². The molecule has 0 aliphatic heterocycles. The molecule has 1 aliphatic carbocycles. The summed E-state index contributed by atoms with van der Waals surface area (Å²) in [6.45, 7) is 1.75. The van der Waals surface area contributed by atoms with Gasteiger partial charge < -0.3 is 10.4 Å². The molecule has 0 amide bonds. The molecule has 2 heterocycles. The van der Waals surface area contributed by atoms with Crippen molar-refractivity contribution in [3.8, 4) is 10.7 Å². The summed E-state index contributed by atoms with van der Waals surface area (Å²) in [6, 6.07) is 5.88. The lowest BCUT2D eigenvalue weighted by Crippen LogP contribution is -2.28. The third-order valence-corrected chi connectivity index (χ3v) is 4.84. The summed E-state index contributed by atoms with van der Waals surface area (Å²) < 4.78 is 0. The van der Waals surface area contributed by atoms with Crippen molar-refractivity contribution in [1.82, 2.24) is 15.3 Å². The fourth-order valence-corrected chi connectivity index (χ4v) is 3.64. The third kappa shape index (κ3) is 4.09. The number of aliphatic hydroxyl groups is 1. The molecule has 1 aliphatic rings. The van der Waals surface area contributed by atoms with E-state index in [0.717, 1.165) is 48.7 Å². The molecule has 1 fully saturated rings. The van der Waals surface area contributed by atoms with E-state index >= 15 is 0 Å². The maximum Gasteiger partial charge on any atom is 0.142 e. The second-order valence-electron chi connectivity index (χ2n) is 5.68. The SMILES string of the molecule is OC1CCCC(CNCc2csc(-c3ccccn3)n2)C1. The van der Waals surface area contributed by atoms with Crippen molar-refractivity contribution in [2.45, 2.75) is 38.3 Å². The van der Waals surface area contributed by atoms with Gasteiger partial charge in [-0.3, -0.25) is 4.98 Å². The number of nitrogens with one attached hydrogen (secondary N) is 1. The Balaban J connectivity index is 1.49. The number of thiazole rings is 1. The largest absolute Gasteiger partial charge is 0.393 e. The zero-order valence-corrected chi connectivity index (χ0v) is 12.9. The molecule has 3 rings (SSSR count). The summed E-state index contributed by atoms with van der Waals surface area (Å²) in [6.07, 6.45) is 5.97. The number of rotatable bonds is 5. The van der Waals surface area contributed by atoms with Gasteiger partial charge in [-0.05, 0) is 43.9 Å². The van der Waals surface area contributed by atoms with Crippen LogP contribution < -0.4 is 5.32 Å². The molecule has 2 aromatic rings. The van der Waals surface area contributed by atoms with Gasteiger partial charge in [-0.25, -0.2) is 4.98 Å². The van der Waals surface area contributed by atoms with Crippen molar-refractivity contribution in [3.63, 3.8) is 0 Å². The molecule has 1 saturated carbocycles. The molecule has 0 aromatic carbocycles. The minimum Gasteiger partial charge on any atom is -0.393 e. The van der Waals surface area contributed by atoms with Crippen molar-refractivity contribution < 1.29 is 5.11 Å². The molecule has 2 atom stereocenters. The van der Waals surface area contributed by atoms with Gasteiger partial charge in [-0.2, -0.15) is 0 Å². The first kappa shape index (κ1) is 14.6. The summed E-state index contributed by atoms with van der Waals surface area (Å²) in [4.78, 5) is 8.95. The Morgan fingerprint density at radius 2 is 2.29 bits per heavy atom. The van der Waals surface area contributed by atoms with Crippen LogP contribution >= 0.6 is 11.3 Å². The van der Waals surface area contributed by atoms with E-state index in [-0.39, 0.29) is 6.10 Å². The molecule has 0 saturated heterocycles. The van der Waals surface area contributed by atoms with E-state index in [1.54, 1.807) is 17.5 Å². The van der Waals surface area contributed by atoms with Crippen LogP contribution in [-0.4, -0.2) is 27.7 Å². The lowest BCUT2D eigenvalue weighted by atomic mass is 9.87. The van der Waals surface area contributed by atoms with Gasteiger partial charge in [0.2, 0.25) is 0 Å². The fraction of sp³-hybridized carbons (Fsp3) is 0.500. The maximum absolute atomic E-state index is 9.68. The predicted octanol–water partition coefficient (Wildman–Crippen LogP) is 2.85. The van der Waals surface area contributed by atoms with E-state index < -0.39 is 0 Å². The van der Waals surface area contributed by atoms with Crippen molar-refractivity contribution in [3.05, 3.63) is 35.5 Å². The van der Waals surface area contributed by atoms with Crippen LogP contribution in [0.3, 0.4) is 0 Å². The topological polar surface area (TPSA) is 58.0 Å². The van der Waals surface area contributed by atoms with E-state index in [4.69, 9.17) is 0 Å². The number of hydrogen-bond acceptors (Lipinski definition) is 5. The van der Waals surface area contributed by atoms with Gasteiger partial charge in [-0.1, -0.05) is 12.5 Å². The normalized spacial score (nSPS) is 22.3. The molecule has 21 heavy (non-hydrogen) atoms. The van der Waals surface area contributed by atoms with Gasteiger partial charge in [0.15, 0.2) is 0 Å². The monoisotopic (exact) mass is 303 g/mol. The molecule has 2 N–H and O–H groups in total. The molecule has 5 heteroatoms. The molecule has 0 bridgehead atoms. The first-order valence-electron chi connectivity index (χ1n) is 7.56. The van der Waals surface area contributed by atoms with Crippen LogP contribution in [-0.2, 0) is 6.54 Å². The van der Waals surface area contributed by atoms with E-state index in [2.05, 4.69) is 20.7 Å². The van der Waals surface area contributed by atoms with Crippen LogP contribution in [0.1, 0.15) is 31.4 Å². The van der Waals surface area contributed by atoms with E-state index in [1.165, 1.54) is 6.42 Å². The average Bonchev–Trinajstić information content (AvgIpc) is 2.97. The molecule has 112 valence electrons. The smallest absolute Gasteiger partial charge is 0.142 e. The highest BCUT2D eigenvalue weighted by atomic mass is 32.1. The summed E-state index contributed by atoms with van der Waals surface area (Å²) in [5.41, 5.74) is 2.00. The Bertz CT molecular complexity index is 558. The molecule has 2 unspecified atom stereocenters. The lowest BCUT2D eigenvalue weighted by Gasteiger charge is -2.25. The fourth-order valence-electron chi connectivity index (χ4n) is 2.85. The Morgan fingerprint density at radius 1 is 1.33 bits per heavy atom.